The van der Waals surface area contributed by atoms with Crippen LogP contribution in [0.25, 0.3) is 0 Å². The van der Waals surface area contributed by atoms with Crippen molar-refractivity contribution in [3.05, 3.63) is 47.5 Å². The third-order valence-corrected chi connectivity index (χ3v) is 5.26. The van der Waals surface area contributed by atoms with Crippen LogP contribution in [0.3, 0.4) is 0 Å². The molecular weight excluding hydrogens is 377 g/mol. The van der Waals surface area contributed by atoms with Gasteiger partial charge < -0.3 is 0 Å². The van der Waals surface area contributed by atoms with E-state index in [2.05, 4.69) is 42.2 Å². The Kier molecular flexibility index (Phi) is 4.73. The van der Waals surface area contributed by atoms with E-state index in [-0.39, 0.29) is 11.2 Å². The third-order valence-electron chi connectivity index (χ3n) is 3.12. The van der Waals surface area contributed by atoms with E-state index in [0.29, 0.717) is 17.1 Å². The summed E-state index contributed by atoms with van der Waals surface area (Å²) in [6, 6.07) is 6.72. The van der Waals surface area contributed by atoms with E-state index in [1.54, 1.807) is 16.8 Å². The lowest BCUT2D eigenvalue weighted by Gasteiger charge is -2.29. The molecule has 0 spiro atoms. The summed E-state index contributed by atoms with van der Waals surface area (Å²) >= 11 is 7.10. The Morgan fingerprint density at radius 3 is 2.58 bits per heavy atom. The average Bonchev–Trinajstić information content (AvgIpc) is 2.81. The van der Waals surface area contributed by atoms with Gasteiger partial charge in [-0.15, -0.1) is 5.10 Å². The topological polar surface area (TPSA) is 30.7 Å². The first-order chi connectivity index (χ1) is 9.09. The molecule has 0 aliphatic rings. The Labute approximate surface area is 128 Å². The first-order valence-electron chi connectivity index (χ1n) is 5.83. The maximum Gasteiger partial charge on any atom is 0.123 e. The number of benzene rings is 1. The molecule has 102 valence electrons. The molecule has 2 rings (SSSR count). The molecule has 0 aliphatic heterocycles. The molecule has 1 heterocycles. The van der Waals surface area contributed by atoms with Crippen LogP contribution in [0, 0.1) is 5.82 Å². The predicted octanol–water partition coefficient (Wildman–Crippen LogP) is 3.22. The van der Waals surface area contributed by atoms with Crippen LogP contribution in [-0.2, 0) is 18.9 Å². The van der Waals surface area contributed by atoms with Crippen LogP contribution in [-0.4, -0.2) is 25.7 Å². The molecule has 6 heteroatoms. The number of halogens is 3. The highest BCUT2D eigenvalue weighted by atomic mass is 79.9. The first-order valence-corrected chi connectivity index (χ1v) is 8.07. The number of nitrogens with zero attached hydrogens (tertiary/aromatic N) is 3. The molecule has 0 saturated heterocycles. The van der Waals surface area contributed by atoms with Crippen molar-refractivity contribution in [1.29, 1.82) is 0 Å². The third kappa shape index (κ3) is 3.23. The second-order valence-corrected chi connectivity index (χ2v) is 5.74. The van der Waals surface area contributed by atoms with Crippen molar-refractivity contribution in [2.75, 3.05) is 10.7 Å². The monoisotopic (exact) mass is 389 g/mol. The Morgan fingerprint density at radius 1 is 1.32 bits per heavy atom. The standard InChI is InChI=1S/C13H14Br2FN3/c1-19-7-12(17-18-19)6-13(8-14,9-15)10-3-2-4-11(16)5-10/h2-5,7H,6,8-9H2,1H3. The van der Waals surface area contributed by atoms with Gasteiger partial charge in [0, 0.05) is 35.7 Å². The summed E-state index contributed by atoms with van der Waals surface area (Å²) < 4.78 is 15.1. The van der Waals surface area contributed by atoms with Gasteiger partial charge in [0.25, 0.3) is 0 Å². The normalized spacial score (nSPS) is 11.8. The maximum atomic E-state index is 13.5. The number of aromatic nitrogens is 3. The molecule has 0 radical (unpaired) electrons. The number of hydrogen-bond acceptors (Lipinski definition) is 2. The molecule has 0 fully saturated rings. The van der Waals surface area contributed by atoms with Crippen molar-refractivity contribution >= 4 is 31.9 Å². The minimum atomic E-state index is -0.238. The smallest absolute Gasteiger partial charge is 0.123 e. The number of aryl methyl sites for hydroxylation is 1. The van der Waals surface area contributed by atoms with E-state index in [9.17, 15) is 4.39 Å². The van der Waals surface area contributed by atoms with E-state index in [0.717, 1.165) is 11.3 Å². The second-order valence-electron chi connectivity index (χ2n) is 4.62. The van der Waals surface area contributed by atoms with Crippen LogP contribution in [0.4, 0.5) is 4.39 Å². The molecule has 0 saturated carbocycles. The fourth-order valence-corrected chi connectivity index (χ4v) is 4.00. The molecule has 0 atom stereocenters. The predicted molar refractivity (Wildman–Crippen MR) is 80.4 cm³/mol. The van der Waals surface area contributed by atoms with E-state index in [4.69, 9.17) is 0 Å². The van der Waals surface area contributed by atoms with Crippen molar-refractivity contribution in [1.82, 2.24) is 15.0 Å². The largest absolute Gasteiger partial charge is 0.255 e. The Bertz CT molecular complexity index is 552. The van der Waals surface area contributed by atoms with Crippen LogP contribution >= 0.6 is 31.9 Å². The van der Waals surface area contributed by atoms with Gasteiger partial charge in [-0.05, 0) is 17.7 Å². The number of hydrogen-bond donors (Lipinski definition) is 0. The maximum absolute atomic E-state index is 13.5. The highest BCUT2D eigenvalue weighted by Crippen LogP contribution is 2.32. The summed E-state index contributed by atoms with van der Waals surface area (Å²) in [5.41, 5.74) is 1.61. The summed E-state index contributed by atoms with van der Waals surface area (Å²) in [6.07, 6.45) is 2.58. The molecule has 2 aromatic rings. The Hall–Kier alpha value is -0.750. The summed E-state index contributed by atoms with van der Waals surface area (Å²) in [4.78, 5) is 0. The Morgan fingerprint density at radius 2 is 2.05 bits per heavy atom. The van der Waals surface area contributed by atoms with Gasteiger partial charge in [-0.3, -0.25) is 4.68 Å². The van der Waals surface area contributed by atoms with Gasteiger partial charge in [-0.2, -0.15) is 0 Å². The van der Waals surface area contributed by atoms with Gasteiger partial charge in [0.2, 0.25) is 0 Å². The number of alkyl halides is 2. The zero-order valence-electron chi connectivity index (χ0n) is 10.5. The molecule has 0 bridgehead atoms. The molecule has 0 amide bonds. The lowest BCUT2D eigenvalue weighted by molar-refractivity contribution is 0.534. The highest BCUT2D eigenvalue weighted by molar-refractivity contribution is 9.09. The SMILES string of the molecule is Cn1cc(CC(CBr)(CBr)c2cccc(F)c2)nn1. The molecule has 0 N–H and O–H groups in total. The summed E-state index contributed by atoms with van der Waals surface area (Å²) in [5, 5.41) is 9.49. The molecule has 19 heavy (non-hydrogen) atoms. The van der Waals surface area contributed by atoms with Crippen LogP contribution < -0.4 is 0 Å². The van der Waals surface area contributed by atoms with Crippen LogP contribution in [0.2, 0.25) is 0 Å². The van der Waals surface area contributed by atoms with Crippen molar-refractivity contribution in [2.24, 2.45) is 7.05 Å². The zero-order valence-corrected chi connectivity index (χ0v) is 13.7. The van der Waals surface area contributed by atoms with E-state index >= 15 is 0 Å². The molecule has 0 aliphatic carbocycles. The van der Waals surface area contributed by atoms with Crippen LogP contribution in [0.1, 0.15) is 11.3 Å². The zero-order chi connectivity index (χ0) is 13.9. The number of rotatable bonds is 5. The minimum absolute atomic E-state index is 0.220. The molecular formula is C13H14Br2FN3. The van der Waals surface area contributed by atoms with Gasteiger partial charge in [0.15, 0.2) is 0 Å². The van der Waals surface area contributed by atoms with Crippen molar-refractivity contribution in [3.8, 4) is 0 Å². The highest BCUT2D eigenvalue weighted by Gasteiger charge is 2.31. The van der Waals surface area contributed by atoms with Crippen molar-refractivity contribution < 1.29 is 4.39 Å². The fourth-order valence-electron chi connectivity index (χ4n) is 2.03. The van der Waals surface area contributed by atoms with Gasteiger partial charge >= 0.3 is 0 Å². The summed E-state index contributed by atoms with van der Waals surface area (Å²) in [5.74, 6) is -0.220. The lowest BCUT2D eigenvalue weighted by Crippen LogP contribution is -2.33. The van der Waals surface area contributed by atoms with E-state index < -0.39 is 0 Å². The van der Waals surface area contributed by atoms with E-state index in [1.807, 2.05) is 19.3 Å². The summed E-state index contributed by atoms with van der Waals surface area (Å²) in [6.45, 7) is 0. The molecule has 0 unspecified atom stereocenters. The van der Waals surface area contributed by atoms with Crippen molar-refractivity contribution in [2.45, 2.75) is 11.8 Å². The first kappa shape index (κ1) is 14.7. The molecule has 1 aromatic heterocycles. The fraction of sp³-hybridized carbons (Fsp3) is 0.385. The summed E-state index contributed by atoms with van der Waals surface area (Å²) in [7, 11) is 1.84. The quantitative estimate of drug-likeness (QED) is 0.734. The minimum Gasteiger partial charge on any atom is -0.255 e. The van der Waals surface area contributed by atoms with Gasteiger partial charge in [-0.25, -0.2) is 4.39 Å². The second kappa shape index (κ2) is 6.13. The van der Waals surface area contributed by atoms with Crippen molar-refractivity contribution in [3.63, 3.8) is 0 Å². The van der Waals surface area contributed by atoms with Gasteiger partial charge in [0.1, 0.15) is 5.82 Å². The average molecular weight is 391 g/mol. The van der Waals surface area contributed by atoms with E-state index in [1.165, 1.54) is 6.07 Å². The lowest BCUT2D eigenvalue weighted by atomic mass is 9.80. The van der Waals surface area contributed by atoms with Crippen LogP contribution in [0.15, 0.2) is 30.5 Å². The molecule has 3 nitrogen and oxygen atoms in total. The van der Waals surface area contributed by atoms with Crippen LogP contribution in [0.5, 0.6) is 0 Å². The van der Waals surface area contributed by atoms with Gasteiger partial charge in [0.05, 0.1) is 5.69 Å². The van der Waals surface area contributed by atoms with Gasteiger partial charge in [-0.1, -0.05) is 49.2 Å². The Balaban J connectivity index is 2.37. The molecule has 1 aromatic carbocycles.